The molecule has 84 valence electrons. The van der Waals surface area contributed by atoms with Crippen molar-refractivity contribution in [3.05, 3.63) is 35.5 Å². The minimum Gasteiger partial charge on any atom is -0.469 e. The number of aromatic nitrogens is 1. The third-order valence-corrected chi connectivity index (χ3v) is 2.84. The van der Waals surface area contributed by atoms with Crippen LogP contribution in [0, 0.1) is 6.92 Å². The number of carbonyl (C=O) groups excluding carboxylic acids is 1. The molecule has 0 fully saturated rings. The molecule has 1 heterocycles. The second-order valence-corrected chi connectivity index (χ2v) is 3.89. The van der Waals surface area contributed by atoms with Crippen LogP contribution in [0.25, 0.3) is 10.9 Å². The van der Waals surface area contributed by atoms with Gasteiger partial charge in [0.25, 0.3) is 0 Å². The number of hydrogen-bond donors (Lipinski definition) is 1. The molecule has 0 amide bonds. The number of fused-ring (bicyclic) bond motifs is 1. The van der Waals surface area contributed by atoms with Crippen LogP contribution in [0.1, 0.15) is 17.5 Å². The Labute approximate surface area is 94.4 Å². The van der Waals surface area contributed by atoms with Crippen molar-refractivity contribution >= 4 is 16.9 Å². The number of carbonyl (C=O) groups is 1. The molecule has 0 spiro atoms. The molecule has 0 aliphatic carbocycles. The van der Waals surface area contributed by atoms with Crippen molar-refractivity contribution in [1.29, 1.82) is 0 Å². The van der Waals surface area contributed by atoms with Gasteiger partial charge in [0, 0.05) is 23.5 Å². The highest BCUT2D eigenvalue weighted by Crippen LogP contribution is 2.22. The zero-order chi connectivity index (χ0) is 11.5. The lowest BCUT2D eigenvalue weighted by molar-refractivity contribution is -0.140. The first-order valence-corrected chi connectivity index (χ1v) is 5.34. The molecule has 0 aliphatic rings. The van der Waals surface area contributed by atoms with Crippen molar-refractivity contribution in [1.82, 2.24) is 4.98 Å². The number of para-hydroxylation sites is 1. The minimum atomic E-state index is -0.165. The summed E-state index contributed by atoms with van der Waals surface area (Å²) >= 11 is 0. The third-order valence-electron chi connectivity index (χ3n) is 2.84. The van der Waals surface area contributed by atoms with Gasteiger partial charge in [0.2, 0.25) is 0 Å². The predicted octanol–water partition coefficient (Wildman–Crippen LogP) is 2.58. The maximum atomic E-state index is 11.1. The van der Waals surface area contributed by atoms with Gasteiger partial charge in [-0.05, 0) is 24.5 Å². The highest BCUT2D eigenvalue weighted by molar-refractivity contribution is 5.86. The molecule has 1 aromatic carbocycles. The average Bonchev–Trinajstić information content (AvgIpc) is 2.70. The summed E-state index contributed by atoms with van der Waals surface area (Å²) in [4.78, 5) is 14.3. The number of benzene rings is 1. The van der Waals surface area contributed by atoms with Gasteiger partial charge in [0.15, 0.2) is 0 Å². The lowest BCUT2D eigenvalue weighted by atomic mass is 10.1. The summed E-state index contributed by atoms with van der Waals surface area (Å²) in [5, 5.41) is 1.20. The summed E-state index contributed by atoms with van der Waals surface area (Å²) in [6.45, 7) is 2.07. The number of H-pyrrole nitrogens is 1. The molecule has 0 bridgehead atoms. The molecule has 1 aromatic heterocycles. The van der Waals surface area contributed by atoms with Crippen LogP contribution in [-0.4, -0.2) is 18.1 Å². The smallest absolute Gasteiger partial charge is 0.305 e. The molecule has 1 N–H and O–H groups in total. The van der Waals surface area contributed by atoms with E-state index in [1.54, 1.807) is 0 Å². The van der Waals surface area contributed by atoms with E-state index in [4.69, 9.17) is 0 Å². The van der Waals surface area contributed by atoms with Gasteiger partial charge in [-0.15, -0.1) is 0 Å². The molecule has 0 saturated heterocycles. The van der Waals surface area contributed by atoms with Gasteiger partial charge in [-0.3, -0.25) is 4.79 Å². The topological polar surface area (TPSA) is 42.1 Å². The number of ether oxygens (including phenoxy) is 1. The van der Waals surface area contributed by atoms with Crippen LogP contribution in [0.4, 0.5) is 0 Å². The van der Waals surface area contributed by atoms with E-state index in [1.165, 1.54) is 23.6 Å². The number of rotatable bonds is 3. The molecule has 0 saturated carbocycles. The van der Waals surface area contributed by atoms with Crippen LogP contribution in [0.2, 0.25) is 0 Å². The first kappa shape index (κ1) is 10.7. The Hall–Kier alpha value is -1.77. The van der Waals surface area contributed by atoms with Crippen molar-refractivity contribution in [2.75, 3.05) is 7.11 Å². The molecule has 0 radical (unpaired) electrons. The first-order valence-electron chi connectivity index (χ1n) is 5.34. The van der Waals surface area contributed by atoms with E-state index in [0.717, 1.165) is 11.9 Å². The Kier molecular flexibility index (Phi) is 2.95. The van der Waals surface area contributed by atoms with Gasteiger partial charge in [0.1, 0.15) is 0 Å². The maximum absolute atomic E-state index is 11.1. The summed E-state index contributed by atoms with van der Waals surface area (Å²) in [6, 6.07) is 6.18. The van der Waals surface area contributed by atoms with E-state index in [9.17, 15) is 4.79 Å². The molecule has 2 aromatic rings. The highest BCUT2D eigenvalue weighted by Gasteiger charge is 2.07. The maximum Gasteiger partial charge on any atom is 0.305 e. The van der Waals surface area contributed by atoms with Crippen molar-refractivity contribution in [3.63, 3.8) is 0 Å². The molecule has 3 heteroatoms. The van der Waals surface area contributed by atoms with Crippen molar-refractivity contribution in [2.45, 2.75) is 19.8 Å². The Bertz CT molecular complexity index is 514. The van der Waals surface area contributed by atoms with E-state index in [-0.39, 0.29) is 5.97 Å². The predicted molar refractivity (Wildman–Crippen MR) is 63.4 cm³/mol. The zero-order valence-corrected chi connectivity index (χ0v) is 9.54. The first-order chi connectivity index (χ1) is 7.72. The van der Waals surface area contributed by atoms with E-state index >= 15 is 0 Å². The number of aromatic amines is 1. The SMILES string of the molecule is COC(=O)CCc1c[nH]c2c(C)cccc12. The van der Waals surface area contributed by atoms with Crippen LogP contribution < -0.4 is 0 Å². The minimum absolute atomic E-state index is 0.165. The fourth-order valence-corrected chi connectivity index (χ4v) is 1.91. The van der Waals surface area contributed by atoms with Crippen LogP contribution in [0.3, 0.4) is 0 Å². The van der Waals surface area contributed by atoms with E-state index < -0.39 is 0 Å². The van der Waals surface area contributed by atoms with Gasteiger partial charge in [-0.1, -0.05) is 18.2 Å². The Balaban J connectivity index is 2.25. The molecule has 3 nitrogen and oxygen atoms in total. The monoisotopic (exact) mass is 217 g/mol. The second-order valence-electron chi connectivity index (χ2n) is 3.89. The summed E-state index contributed by atoms with van der Waals surface area (Å²) in [6.07, 6.45) is 3.12. The fourth-order valence-electron chi connectivity index (χ4n) is 1.91. The van der Waals surface area contributed by atoms with Gasteiger partial charge in [-0.25, -0.2) is 0 Å². The van der Waals surface area contributed by atoms with Crippen LogP contribution >= 0.6 is 0 Å². The van der Waals surface area contributed by atoms with Gasteiger partial charge < -0.3 is 9.72 Å². The summed E-state index contributed by atoms with van der Waals surface area (Å²) in [7, 11) is 1.42. The standard InChI is InChI=1S/C13H15NO2/c1-9-4-3-5-11-10(8-14-13(9)11)6-7-12(15)16-2/h3-5,8,14H,6-7H2,1-2H3. The Morgan fingerprint density at radius 1 is 1.44 bits per heavy atom. The molecule has 2 rings (SSSR count). The molecule has 16 heavy (non-hydrogen) atoms. The summed E-state index contributed by atoms with van der Waals surface area (Å²) < 4.78 is 4.64. The van der Waals surface area contributed by atoms with Crippen molar-refractivity contribution < 1.29 is 9.53 Å². The third kappa shape index (κ3) is 1.94. The summed E-state index contributed by atoms with van der Waals surface area (Å²) in [5.41, 5.74) is 3.55. The molecule has 0 atom stereocenters. The van der Waals surface area contributed by atoms with Gasteiger partial charge in [0.05, 0.1) is 7.11 Å². The van der Waals surface area contributed by atoms with Crippen molar-refractivity contribution in [2.24, 2.45) is 0 Å². The van der Waals surface area contributed by atoms with Crippen LogP contribution in [0.15, 0.2) is 24.4 Å². The van der Waals surface area contributed by atoms with Gasteiger partial charge >= 0.3 is 5.97 Å². The van der Waals surface area contributed by atoms with Crippen molar-refractivity contribution in [3.8, 4) is 0 Å². The average molecular weight is 217 g/mol. The Morgan fingerprint density at radius 3 is 3.00 bits per heavy atom. The van der Waals surface area contributed by atoms with Crippen LogP contribution in [-0.2, 0) is 16.0 Å². The molecular weight excluding hydrogens is 202 g/mol. The zero-order valence-electron chi connectivity index (χ0n) is 9.54. The number of methoxy groups -OCH3 is 1. The fraction of sp³-hybridized carbons (Fsp3) is 0.308. The van der Waals surface area contributed by atoms with Gasteiger partial charge in [-0.2, -0.15) is 0 Å². The number of hydrogen-bond acceptors (Lipinski definition) is 2. The largest absolute Gasteiger partial charge is 0.469 e. The van der Waals surface area contributed by atoms with E-state index in [2.05, 4.69) is 28.8 Å². The second kappa shape index (κ2) is 4.39. The Morgan fingerprint density at radius 2 is 2.25 bits per heavy atom. The molecule has 0 aliphatic heterocycles. The number of aryl methyl sites for hydroxylation is 2. The lowest BCUT2D eigenvalue weighted by Gasteiger charge is -1.99. The number of esters is 1. The quantitative estimate of drug-likeness (QED) is 0.803. The molecular formula is C13H15NO2. The normalized spacial score (nSPS) is 10.6. The number of nitrogens with one attached hydrogen (secondary N) is 1. The highest BCUT2D eigenvalue weighted by atomic mass is 16.5. The van der Waals surface area contributed by atoms with Crippen LogP contribution in [0.5, 0.6) is 0 Å². The van der Waals surface area contributed by atoms with E-state index in [0.29, 0.717) is 6.42 Å². The van der Waals surface area contributed by atoms with E-state index in [1.807, 2.05) is 12.3 Å². The lowest BCUT2D eigenvalue weighted by Crippen LogP contribution is -2.01. The summed E-state index contributed by atoms with van der Waals surface area (Å²) in [5.74, 6) is -0.165. The molecule has 0 unspecified atom stereocenters.